The van der Waals surface area contributed by atoms with Crippen molar-refractivity contribution in [2.75, 3.05) is 50.9 Å². The maximum atomic E-state index is 12.7. The predicted molar refractivity (Wildman–Crippen MR) is 100.0 cm³/mol. The average Bonchev–Trinajstić information content (AvgIpc) is 2.68. The monoisotopic (exact) mass is 379 g/mol. The molecule has 0 bridgehead atoms. The largest absolute Gasteiger partial charge is 0.381 e. The topological polar surface area (TPSA) is 54.9 Å². The van der Waals surface area contributed by atoms with Crippen LogP contribution < -0.4 is 4.90 Å². The van der Waals surface area contributed by atoms with Crippen molar-refractivity contribution in [3.05, 3.63) is 22.8 Å². The lowest BCUT2D eigenvalue weighted by molar-refractivity contribution is -0.116. The van der Waals surface area contributed by atoms with Crippen LogP contribution in [0.1, 0.15) is 42.5 Å². The number of ether oxygens (including phenoxy) is 2. The molecule has 4 heterocycles. The number of hydrogen-bond acceptors (Lipinski definition) is 5. The summed E-state index contributed by atoms with van der Waals surface area (Å²) >= 11 is 6.53. The summed E-state index contributed by atoms with van der Waals surface area (Å²) in [5.41, 5.74) is 0.416. The van der Waals surface area contributed by atoms with Gasteiger partial charge in [-0.05, 0) is 25.3 Å². The Morgan fingerprint density at radius 1 is 1.12 bits per heavy atom. The van der Waals surface area contributed by atoms with Crippen LogP contribution in [-0.4, -0.2) is 67.4 Å². The first-order valence-electron chi connectivity index (χ1n) is 9.58. The van der Waals surface area contributed by atoms with E-state index in [0.717, 1.165) is 70.9 Å². The van der Waals surface area contributed by atoms with Gasteiger partial charge in [-0.2, -0.15) is 0 Å². The van der Waals surface area contributed by atoms with Crippen LogP contribution in [0.15, 0.2) is 12.3 Å². The molecule has 0 N–H and O–H groups in total. The van der Waals surface area contributed by atoms with Crippen LogP contribution in [0.2, 0.25) is 5.02 Å². The Morgan fingerprint density at radius 2 is 1.88 bits per heavy atom. The zero-order valence-electron chi connectivity index (χ0n) is 15.1. The maximum absolute atomic E-state index is 12.7. The Labute approximate surface area is 159 Å². The van der Waals surface area contributed by atoms with Crippen molar-refractivity contribution in [2.24, 2.45) is 0 Å². The van der Waals surface area contributed by atoms with Gasteiger partial charge in [0.25, 0.3) is 5.91 Å². The molecule has 26 heavy (non-hydrogen) atoms. The Kier molecular flexibility index (Phi) is 5.34. The molecule has 3 aliphatic heterocycles. The molecule has 0 aliphatic carbocycles. The molecule has 142 valence electrons. The van der Waals surface area contributed by atoms with Crippen LogP contribution in [0, 0.1) is 0 Å². The molecular formula is C19H26ClN3O3. The van der Waals surface area contributed by atoms with Crippen molar-refractivity contribution in [1.29, 1.82) is 0 Å². The number of rotatable bonds is 2. The van der Waals surface area contributed by atoms with Gasteiger partial charge in [-0.25, -0.2) is 4.98 Å². The second kappa shape index (κ2) is 7.71. The summed E-state index contributed by atoms with van der Waals surface area (Å²) in [6, 6.07) is 1.77. The van der Waals surface area contributed by atoms with Gasteiger partial charge in [-0.3, -0.25) is 4.79 Å². The highest BCUT2D eigenvalue weighted by Crippen LogP contribution is 2.33. The third-order valence-corrected chi connectivity index (χ3v) is 5.94. The molecule has 6 nitrogen and oxygen atoms in total. The quantitative estimate of drug-likeness (QED) is 0.790. The van der Waals surface area contributed by atoms with Crippen molar-refractivity contribution in [3.63, 3.8) is 0 Å². The summed E-state index contributed by atoms with van der Waals surface area (Å²) in [5, 5.41) is 0.539. The standard InChI is InChI=1S/C19H26ClN3O3/c20-16-12-15(18(24)22-6-2-1-3-7-22)13-21-17(16)23-8-11-26-19(14-23)4-9-25-10-5-19/h12-13H,1-11,14H2. The van der Waals surface area contributed by atoms with Gasteiger partial charge < -0.3 is 19.3 Å². The highest BCUT2D eigenvalue weighted by molar-refractivity contribution is 6.33. The predicted octanol–water partition coefficient (Wildman–Crippen LogP) is 2.75. The fourth-order valence-corrected chi connectivity index (χ4v) is 4.42. The van der Waals surface area contributed by atoms with Crippen molar-refractivity contribution >= 4 is 23.3 Å². The molecule has 0 unspecified atom stereocenters. The van der Waals surface area contributed by atoms with Gasteiger partial charge in [-0.15, -0.1) is 0 Å². The fourth-order valence-electron chi connectivity index (χ4n) is 4.13. The molecule has 1 aromatic heterocycles. The molecular weight excluding hydrogens is 354 g/mol. The Balaban J connectivity index is 1.49. The smallest absolute Gasteiger partial charge is 0.255 e. The molecule has 3 aliphatic rings. The maximum Gasteiger partial charge on any atom is 0.255 e. The Hall–Kier alpha value is -1.37. The third kappa shape index (κ3) is 3.68. The van der Waals surface area contributed by atoms with E-state index in [1.807, 2.05) is 4.90 Å². The van der Waals surface area contributed by atoms with Gasteiger partial charge in [0.1, 0.15) is 5.82 Å². The lowest BCUT2D eigenvalue weighted by atomic mass is 9.92. The second-order valence-electron chi connectivity index (χ2n) is 7.45. The van der Waals surface area contributed by atoms with E-state index in [9.17, 15) is 4.79 Å². The number of likely N-dealkylation sites (tertiary alicyclic amines) is 1. The number of amides is 1. The number of aromatic nitrogens is 1. The van der Waals surface area contributed by atoms with Gasteiger partial charge in [0, 0.05) is 58.4 Å². The number of carbonyl (C=O) groups excluding carboxylic acids is 1. The minimum atomic E-state index is -0.163. The number of pyridine rings is 1. The summed E-state index contributed by atoms with van der Waals surface area (Å²) in [4.78, 5) is 21.3. The highest BCUT2D eigenvalue weighted by atomic mass is 35.5. The first-order valence-corrected chi connectivity index (χ1v) is 9.96. The van der Waals surface area contributed by atoms with Crippen molar-refractivity contribution in [2.45, 2.75) is 37.7 Å². The van der Waals surface area contributed by atoms with Crippen molar-refractivity contribution in [1.82, 2.24) is 9.88 Å². The fraction of sp³-hybridized carbons (Fsp3) is 0.684. The molecule has 4 rings (SSSR count). The van der Waals surface area contributed by atoms with Gasteiger partial charge >= 0.3 is 0 Å². The van der Waals surface area contributed by atoms with Crippen LogP contribution in [-0.2, 0) is 9.47 Å². The van der Waals surface area contributed by atoms with Gasteiger partial charge in [0.15, 0.2) is 0 Å². The first-order chi connectivity index (χ1) is 12.7. The molecule has 1 aromatic rings. The molecule has 0 radical (unpaired) electrons. The van der Waals surface area contributed by atoms with Crippen LogP contribution in [0.5, 0.6) is 0 Å². The summed E-state index contributed by atoms with van der Waals surface area (Å²) in [6.07, 6.45) is 6.81. The number of nitrogens with zero attached hydrogens (tertiary/aromatic N) is 3. The molecule has 1 amide bonds. The Morgan fingerprint density at radius 3 is 2.62 bits per heavy atom. The number of carbonyl (C=O) groups is 1. The zero-order chi connectivity index (χ0) is 18.0. The van der Waals surface area contributed by atoms with E-state index in [1.165, 1.54) is 6.42 Å². The molecule has 0 saturated carbocycles. The average molecular weight is 380 g/mol. The minimum absolute atomic E-state index is 0.0357. The van der Waals surface area contributed by atoms with E-state index in [0.29, 0.717) is 17.2 Å². The molecule has 1 spiro atoms. The summed E-state index contributed by atoms with van der Waals surface area (Å²) in [7, 11) is 0. The van der Waals surface area contributed by atoms with Crippen LogP contribution in [0.3, 0.4) is 0 Å². The van der Waals surface area contributed by atoms with Crippen LogP contribution in [0.25, 0.3) is 0 Å². The van der Waals surface area contributed by atoms with E-state index in [1.54, 1.807) is 12.3 Å². The van der Waals surface area contributed by atoms with E-state index in [4.69, 9.17) is 21.1 Å². The number of halogens is 1. The molecule has 3 saturated heterocycles. The third-order valence-electron chi connectivity index (χ3n) is 5.66. The molecule has 0 aromatic carbocycles. The van der Waals surface area contributed by atoms with Crippen LogP contribution in [0.4, 0.5) is 5.82 Å². The van der Waals surface area contributed by atoms with E-state index >= 15 is 0 Å². The first kappa shape index (κ1) is 18.0. The van der Waals surface area contributed by atoms with E-state index in [2.05, 4.69) is 9.88 Å². The van der Waals surface area contributed by atoms with Crippen molar-refractivity contribution < 1.29 is 14.3 Å². The van der Waals surface area contributed by atoms with Gasteiger partial charge in [0.05, 0.1) is 22.8 Å². The summed E-state index contributed by atoms with van der Waals surface area (Å²) in [6.45, 7) is 5.30. The Bertz CT molecular complexity index is 652. The molecule has 0 atom stereocenters. The van der Waals surface area contributed by atoms with Gasteiger partial charge in [-0.1, -0.05) is 11.6 Å². The van der Waals surface area contributed by atoms with Crippen LogP contribution >= 0.6 is 11.6 Å². The van der Waals surface area contributed by atoms with Crippen molar-refractivity contribution in [3.8, 4) is 0 Å². The highest BCUT2D eigenvalue weighted by Gasteiger charge is 2.39. The SMILES string of the molecule is O=C(c1cnc(N2CCOC3(CCOCC3)C2)c(Cl)c1)N1CCCCC1. The van der Waals surface area contributed by atoms with Gasteiger partial charge in [0.2, 0.25) is 0 Å². The minimum Gasteiger partial charge on any atom is -0.381 e. The summed E-state index contributed by atoms with van der Waals surface area (Å²) in [5.74, 6) is 0.782. The van der Waals surface area contributed by atoms with E-state index < -0.39 is 0 Å². The second-order valence-corrected chi connectivity index (χ2v) is 7.85. The number of piperidine rings is 1. The number of hydrogen-bond donors (Lipinski definition) is 0. The number of morpholine rings is 1. The lowest BCUT2D eigenvalue weighted by Gasteiger charge is -2.45. The lowest BCUT2D eigenvalue weighted by Crippen LogP contribution is -2.54. The normalized spacial score (nSPS) is 23.3. The summed E-state index contributed by atoms with van der Waals surface area (Å²) < 4.78 is 11.6. The molecule has 7 heteroatoms. The van der Waals surface area contributed by atoms with E-state index in [-0.39, 0.29) is 11.5 Å². The molecule has 3 fully saturated rings. The number of anilines is 1. The zero-order valence-corrected chi connectivity index (χ0v) is 15.8.